The fraction of sp³-hybridized carbons (Fsp3) is 0.409. The number of carbonyl (C=O) groups excluding carboxylic acids is 2. The van der Waals surface area contributed by atoms with Gasteiger partial charge in [-0.05, 0) is 50.8 Å². The molecule has 2 heterocycles. The van der Waals surface area contributed by atoms with E-state index in [0.29, 0.717) is 25.2 Å². The van der Waals surface area contributed by atoms with Crippen LogP contribution < -0.4 is 5.32 Å². The molecule has 8 heteroatoms. The SMILES string of the molecule is CCCN(CC(=O)Nc1ccccc1C)C(=O)CCc1c(C)nc2ncnn2c1C. The van der Waals surface area contributed by atoms with E-state index in [9.17, 15) is 9.59 Å². The summed E-state index contributed by atoms with van der Waals surface area (Å²) >= 11 is 0. The van der Waals surface area contributed by atoms with Crippen molar-refractivity contribution in [1.29, 1.82) is 0 Å². The molecule has 0 aliphatic heterocycles. The first-order valence-corrected chi connectivity index (χ1v) is 10.2. The number of hydrogen-bond acceptors (Lipinski definition) is 5. The van der Waals surface area contributed by atoms with E-state index in [2.05, 4.69) is 20.4 Å². The Morgan fingerprint density at radius 2 is 1.93 bits per heavy atom. The van der Waals surface area contributed by atoms with Gasteiger partial charge >= 0.3 is 0 Å². The van der Waals surface area contributed by atoms with Crippen molar-refractivity contribution in [2.24, 2.45) is 0 Å². The van der Waals surface area contributed by atoms with Gasteiger partial charge in [0.25, 0.3) is 5.78 Å². The lowest BCUT2D eigenvalue weighted by molar-refractivity contribution is -0.134. The molecule has 3 aromatic rings. The van der Waals surface area contributed by atoms with Crippen molar-refractivity contribution in [3.63, 3.8) is 0 Å². The van der Waals surface area contributed by atoms with Gasteiger partial charge in [0, 0.05) is 30.0 Å². The molecule has 8 nitrogen and oxygen atoms in total. The lowest BCUT2D eigenvalue weighted by Gasteiger charge is -2.22. The van der Waals surface area contributed by atoms with Gasteiger partial charge in [-0.25, -0.2) is 9.50 Å². The number of nitrogens with one attached hydrogen (secondary N) is 1. The Morgan fingerprint density at radius 1 is 1.17 bits per heavy atom. The van der Waals surface area contributed by atoms with E-state index in [1.165, 1.54) is 6.33 Å². The van der Waals surface area contributed by atoms with Crippen LogP contribution in [0.25, 0.3) is 5.78 Å². The van der Waals surface area contributed by atoms with Crippen LogP contribution in [0.5, 0.6) is 0 Å². The second kappa shape index (κ2) is 9.47. The van der Waals surface area contributed by atoms with Crippen molar-refractivity contribution in [1.82, 2.24) is 24.5 Å². The summed E-state index contributed by atoms with van der Waals surface area (Å²) in [5.41, 5.74) is 4.52. The van der Waals surface area contributed by atoms with Gasteiger partial charge < -0.3 is 10.2 Å². The molecule has 0 spiro atoms. The number of anilines is 1. The van der Waals surface area contributed by atoms with Crippen LogP contribution in [0.4, 0.5) is 5.69 Å². The summed E-state index contributed by atoms with van der Waals surface area (Å²) in [4.78, 5) is 35.6. The Labute approximate surface area is 176 Å². The maximum atomic E-state index is 12.9. The maximum Gasteiger partial charge on any atom is 0.252 e. The molecule has 0 unspecified atom stereocenters. The Balaban J connectivity index is 1.65. The van der Waals surface area contributed by atoms with Gasteiger partial charge in [0.1, 0.15) is 6.33 Å². The van der Waals surface area contributed by atoms with Crippen LogP contribution in [0.15, 0.2) is 30.6 Å². The molecule has 3 rings (SSSR count). The average molecular weight is 409 g/mol. The van der Waals surface area contributed by atoms with Crippen molar-refractivity contribution >= 4 is 23.3 Å². The number of carbonyl (C=O) groups is 2. The fourth-order valence-corrected chi connectivity index (χ4v) is 3.55. The number of amides is 2. The minimum absolute atomic E-state index is 0.0410. The zero-order chi connectivity index (χ0) is 21.7. The number of aryl methyl sites for hydroxylation is 3. The zero-order valence-corrected chi connectivity index (χ0v) is 18.0. The summed E-state index contributed by atoms with van der Waals surface area (Å²) < 4.78 is 1.69. The van der Waals surface area contributed by atoms with Crippen LogP contribution in [0.2, 0.25) is 0 Å². The molecular formula is C22H28N6O2. The van der Waals surface area contributed by atoms with Gasteiger partial charge in [0.2, 0.25) is 11.8 Å². The molecule has 30 heavy (non-hydrogen) atoms. The summed E-state index contributed by atoms with van der Waals surface area (Å²) in [6.07, 6.45) is 3.10. The molecule has 1 aromatic carbocycles. The third kappa shape index (κ3) is 4.82. The number of aromatic nitrogens is 4. The number of para-hydroxylation sites is 1. The highest BCUT2D eigenvalue weighted by Crippen LogP contribution is 2.16. The van der Waals surface area contributed by atoms with Crippen molar-refractivity contribution < 1.29 is 9.59 Å². The summed E-state index contributed by atoms with van der Waals surface area (Å²) in [6, 6.07) is 7.60. The largest absolute Gasteiger partial charge is 0.333 e. The van der Waals surface area contributed by atoms with Gasteiger partial charge in [0.15, 0.2) is 0 Å². The highest BCUT2D eigenvalue weighted by atomic mass is 16.2. The van der Waals surface area contributed by atoms with E-state index in [-0.39, 0.29) is 18.4 Å². The fourth-order valence-electron chi connectivity index (χ4n) is 3.55. The van der Waals surface area contributed by atoms with E-state index in [0.717, 1.165) is 34.6 Å². The topological polar surface area (TPSA) is 92.5 Å². The van der Waals surface area contributed by atoms with Crippen molar-refractivity contribution in [2.45, 2.75) is 47.0 Å². The third-order valence-corrected chi connectivity index (χ3v) is 5.18. The minimum Gasteiger partial charge on any atom is -0.333 e. The first-order chi connectivity index (χ1) is 14.4. The highest BCUT2D eigenvalue weighted by molar-refractivity contribution is 5.95. The summed E-state index contributed by atoms with van der Waals surface area (Å²) in [6.45, 7) is 8.39. The minimum atomic E-state index is -0.191. The molecule has 0 aliphatic rings. The summed E-state index contributed by atoms with van der Waals surface area (Å²) in [7, 11) is 0. The summed E-state index contributed by atoms with van der Waals surface area (Å²) in [5.74, 6) is 0.319. The molecule has 0 atom stereocenters. The van der Waals surface area contributed by atoms with Gasteiger partial charge in [0.05, 0.1) is 6.54 Å². The Hall–Kier alpha value is -3.29. The molecule has 0 bridgehead atoms. The average Bonchev–Trinajstić information content (AvgIpc) is 3.17. The summed E-state index contributed by atoms with van der Waals surface area (Å²) in [5, 5.41) is 7.09. The molecule has 2 aromatic heterocycles. The van der Waals surface area contributed by atoms with Crippen molar-refractivity contribution in [2.75, 3.05) is 18.4 Å². The van der Waals surface area contributed by atoms with E-state index in [1.54, 1.807) is 9.42 Å². The van der Waals surface area contributed by atoms with Gasteiger partial charge in [-0.15, -0.1) is 0 Å². The second-order valence-corrected chi connectivity index (χ2v) is 7.41. The number of fused-ring (bicyclic) bond motifs is 1. The monoisotopic (exact) mass is 408 g/mol. The Morgan fingerprint density at radius 3 is 2.67 bits per heavy atom. The molecule has 2 amide bonds. The third-order valence-electron chi connectivity index (χ3n) is 5.18. The van der Waals surface area contributed by atoms with Crippen LogP contribution in [0.3, 0.4) is 0 Å². The molecule has 0 radical (unpaired) electrons. The van der Waals surface area contributed by atoms with Crippen LogP contribution in [0, 0.1) is 20.8 Å². The van der Waals surface area contributed by atoms with E-state index >= 15 is 0 Å². The Bertz CT molecular complexity index is 1060. The second-order valence-electron chi connectivity index (χ2n) is 7.41. The normalized spacial score (nSPS) is 10.9. The van der Waals surface area contributed by atoms with Crippen molar-refractivity contribution in [3.05, 3.63) is 53.1 Å². The quantitative estimate of drug-likeness (QED) is 0.619. The highest BCUT2D eigenvalue weighted by Gasteiger charge is 2.19. The number of benzene rings is 1. The lowest BCUT2D eigenvalue weighted by Crippen LogP contribution is -2.38. The molecule has 0 saturated carbocycles. The first-order valence-electron chi connectivity index (χ1n) is 10.2. The van der Waals surface area contributed by atoms with Crippen molar-refractivity contribution in [3.8, 4) is 0 Å². The van der Waals surface area contributed by atoms with Gasteiger partial charge in [-0.3, -0.25) is 9.59 Å². The molecule has 0 fully saturated rings. The van der Waals surface area contributed by atoms with Gasteiger partial charge in [-0.2, -0.15) is 10.1 Å². The molecule has 158 valence electrons. The van der Waals surface area contributed by atoms with E-state index in [4.69, 9.17) is 0 Å². The zero-order valence-electron chi connectivity index (χ0n) is 18.0. The van der Waals surface area contributed by atoms with E-state index < -0.39 is 0 Å². The van der Waals surface area contributed by atoms with Crippen LogP contribution in [0.1, 0.15) is 42.3 Å². The number of hydrogen-bond donors (Lipinski definition) is 1. The van der Waals surface area contributed by atoms with Crippen LogP contribution >= 0.6 is 0 Å². The maximum absolute atomic E-state index is 12.9. The molecule has 1 N–H and O–H groups in total. The lowest BCUT2D eigenvalue weighted by atomic mass is 10.1. The standard InChI is InChI=1S/C22H28N6O2/c1-5-12-27(13-20(29)26-19-9-7-6-8-15(19)2)21(30)11-10-18-16(3)25-22-23-14-24-28(22)17(18)4/h6-9,14H,5,10-13H2,1-4H3,(H,26,29). The predicted molar refractivity (Wildman–Crippen MR) is 115 cm³/mol. The molecule has 0 saturated heterocycles. The smallest absolute Gasteiger partial charge is 0.252 e. The van der Waals surface area contributed by atoms with Crippen LogP contribution in [-0.4, -0.2) is 49.4 Å². The molecule has 0 aliphatic carbocycles. The van der Waals surface area contributed by atoms with Gasteiger partial charge in [-0.1, -0.05) is 25.1 Å². The number of nitrogens with zero attached hydrogens (tertiary/aromatic N) is 5. The molecular weight excluding hydrogens is 380 g/mol. The Kier molecular flexibility index (Phi) is 6.76. The number of rotatable bonds is 8. The van der Waals surface area contributed by atoms with Crippen LogP contribution in [-0.2, 0) is 16.0 Å². The van der Waals surface area contributed by atoms with E-state index in [1.807, 2.05) is 52.0 Å². The first kappa shape index (κ1) is 21.4. The predicted octanol–water partition coefficient (Wildman–Crippen LogP) is 2.86.